The van der Waals surface area contributed by atoms with Gasteiger partial charge >= 0.3 is 0 Å². The fourth-order valence-corrected chi connectivity index (χ4v) is 0.783. The lowest BCUT2D eigenvalue weighted by Gasteiger charge is -1.99. The van der Waals surface area contributed by atoms with Crippen LogP contribution in [0.3, 0.4) is 0 Å². The molecule has 0 aromatic heterocycles. The largest absolute Gasteiger partial charge is 0.322 e. The minimum atomic E-state index is -0.259. The second kappa shape index (κ2) is 6.11. The van der Waals surface area contributed by atoms with Gasteiger partial charge in [0.05, 0.1) is 6.04 Å². The molecule has 0 unspecified atom stereocenters. The first-order valence-corrected chi connectivity index (χ1v) is 3.76. The second-order valence-electron chi connectivity index (χ2n) is 2.02. The molecule has 0 aliphatic heterocycles. The molecule has 2 nitrogen and oxygen atoms in total. The quantitative estimate of drug-likeness (QED) is 0.340. The van der Waals surface area contributed by atoms with Gasteiger partial charge in [-0.1, -0.05) is 6.42 Å². The molecule has 0 rings (SSSR count). The molecular weight excluding hydrogens is 134 g/mol. The van der Waals surface area contributed by atoms with Crippen LogP contribution in [-0.2, 0) is 4.79 Å². The van der Waals surface area contributed by atoms with Gasteiger partial charge in [-0.15, -0.1) is 0 Å². The van der Waals surface area contributed by atoms with Crippen molar-refractivity contribution < 1.29 is 4.79 Å². The zero-order valence-corrected chi connectivity index (χ0v) is 6.31. The van der Waals surface area contributed by atoms with Crippen molar-refractivity contribution in [1.29, 1.82) is 0 Å². The van der Waals surface area contributed by atoms with Crippen LogP contribution in [0.4, 0.5) is 0 Å². The highest BCUT2D eigenvalue weighted by Gasteiger charge is 1.96. The van der Waals surface area contributed by atoms with Crippen LogP contribution in [0.15, 0.2) is 0 Å². The van der Waals surface area contributed by atoms with Gasteiger partial charge in [0, 0.05) is 0 Å². The molecule has 0 saturated carbocycles. The maximum Gasteiger partial charge on any atom is 0.136 e. The summed E-state index contributed by atoms with van der Waals surface area (Å²) >= 11 is 4.02. The number of hydrogen-bond donors (Lipinski definition) is 2. The van der Waals surface area contributed by atoms with Gasteiger partial charge in [0.1, 0.15) is 6.29 Å². The van der Waals surface area contributed by atoms with Gasteiger partial charge in [0.25, 0.3) is 0 Å². The van der Waals surface area contributed by atoms with Gasteiger partial charge < -0.3 is 10.5 Å². The van der Waals surface area contributed by atoms with E-state index in [4.69, 9.17) is 5.73 Å². The van der Waals surface area contributed by atoms with Crippen LogP contribution in [0.2, 0.25) is 0 Å². The van der Waals surface area contributed by atoms with E-state index in [0.29, 0.717) is 0 Å². The average Bonchev–Trinajstić information content (AvgIpc) is 1.89. The number of carbonyl (C=O) groups excluding carboxylic acids is 1. The van der Waals surface area contributed by atoms with E-state index < -0.39 is 0 Å². The number of thiol groups is 1. The summed E-state index contributed by atoms with van der Waals surface area (Å²) in [7, 11) is 0. The van der Waals surface area contributed by atoms with Gasteiger partial charge in [-0.2, -0.15) is 12.6 Å². The van der Waals surface area contributed by atoms with E-state index >= 15 is 0 Å². The third-order valence-electron chi connectivity index (χ3n) is 1.12. The lowest BCUT2D eigenvalue weighted by atomic mass is 10.1. The van der Waals surface area contributed by atoms with Crippen molar-refractivity contribution in [2.24, 2.45) is 5.73 Å². The zero-order chi connectivity index (χ0) is 7.11. The van der Waals surface area contributed by atoms with Crippen molar-refractivity contribution in [3.05, 3.63) is 0 Å². The number of hydrogen-bond acceptors (Lipinski definition) is 3. The predicted octanol–water partition coefficient (Wildman–Crippen LogP) is 0.613. The topological polar surface area (TPSA) is 43.1 Å². The Morgan fingerprint density at radius 2 is 2.22 bits per heavy atom. The molecule has 0 aliphatic rings. The molecule has 3 heteroatoms. The Kier molecular flexibility index (Phi) is 6.09. The van der Waals surface area contributed by atoms with E-state index in [1.54, 1.807) is 0 Å². The van der Waals surface area contributed by atoms with Crippen LogP contribution in [0, 0.1) is 0 Å². The van der Waals surface area contributed by atoms with Gasteiger partial charge in [-0.25, -0.2) is 0 Å². The molecule has 54 valence electrons. The Morgan fingerprint density at radius 1 is 1.56 bits per heavy atom. The van der Waals surface area contributed by atoms with Gasteiger partial charge in [0.2, 0.25) is 0 Å². The summed E-state index contributed by atoms with van der Waals surface area (Å²) < 4.78 is 0. The summed E-state index contributed by atoms with van der Waals surface area (Å²) in [6, 6.07) is -0.259. The average molecular weight is 147 g/mol. The smallest absolute Gasteiger partial charge is 0.136 e. The van der Waals surface area contributed by atoms with Crippen LogP contribution in [0.1, 0.15) is 19.3 Å². The van der Waals surface area contributed by atoms with E-state index in [-0.39, 0.29) is 6.04 Å². The summed E-state index contributed by atoms with van der Waals surface area (Å²) in [4.78, 5) is 9.95. The molecule has 2 N–H and O–H groups in total. The van der Waals surface area contributed by atoms with E-state index in [1.165, 1.54) is 0 Å². The number of carbonyl (C=O) groups is 1. The Morgan fingerprint density at radius 3 is 2.67 bits per heavy atom. The molecule has 0 fully saturated rings. The van der Waals surface area contributed by atoms with Gasteiger partial charge in [-0.3, -0.25) is 0 Å². The highest BCUT2D eigenvalue weighted by molar-refractivity contribution is 7.80. The van der Waals surface area contributed by atoms with Gasteiger partial charge in [-0.05, 0) is 18.6 Å². The number of aldehydes is 1. The molecule has 0 aliphatic carbocycles. The minimum absolute atomic E-state index is 0.259. The van der Waals surface area contributed by atoms with Crippen molar-refractivity contribution in [2.75, 3.05) is 5.75 Å². The standard InChI is InChI=1S/C6H13NOS/c7-6(5-8)3-1-2-4-9/h5-6,9H,1-4,7H2/t6-/m0/s1. The van der Waals surface area contributed by atoms with Crippen LogP contribution >= 0.6 is 12.6 Å². The predicted molar refractivity (Wildman–Crippen MR) is 41.7 cm³/mol. The summed E-state index contributed by atoms with van der Waals surface area (Å²) in [6.45, 7) is 0. The number of nitrogens with two attached hydrogens (primary N) is 1. The molecule has 0 heterocycles. The summed E-state index contributed by atoms with van der Waals surface area (Å²) in [5, 5.41) is 0. The Bertz CT molecular complexity index is 77.5. The molecular formula is C6H13NOS. The maximum atomic E-state index is 9.95. The molecule has 0 radical (unpaired) electrons. The monoisotopic (exact) mass is 147 g/mol. The van der Waals surface area contributed by atoms with Crippen LogP contribution in [0.5, 0.6) is 0 Å². The van der Waals surface area contributed by atoms with E-state index in [2.05, 4.69) is 12.6 Å². The molecule has 9 heavy (non-hydrogen) atoms. The summed E-state index contributed by atoms with van der Waals surface area (Å²) in [6.07, 6.45) is 3.64. The molecule has 0 aromatic rings. The lowest BCUT2D eigenvalue weighted by Crippen LogP contribution is -2.20. The molecule has 0 saturated heterocycles. The third-order valence-corrected chi connectivity index (χ3v) is 1.44. The Labute approximate surface area is 61.2 Å². The van der Waals surface area contributed by atoms with Gasteiger partial charge in [0.15, 0.2) is 0 Å². The van der Waals surface area contributed by atoms with Crippen molar-refractivity contribution in [3.63, 3.8) is 0 Å². The maximum absolute atomic E-state index is 9.95. The third kappa shape index (κ3) is 5.86. The minimum Gasteiger partial charge on any atom is -0.322 e. The first-order chi connectivity index (χ1) is 4.31. The highest BCUT2D eigenvalue weighted by atomic mass is 32.1. The first-order valence-electron chi connectivity index (χ1n) is 3.13. The molecule has 0 amide bonds. The van der Waals surface area contributed by atoms with Crippen LogP contribution in [0.25, 0.3) is 0 Å². The number of rotatable bonds is 5. The van der Waals surface area contributed by atoms with Crippen molar-refractivity contribution in [1.82, 2.24) is 0 Å². The van der Waals surface area contributed by atoms with E-state index in [9.17, 15) is 4.79 Å². The lowest BCUT2D eigenvalue weighted by molar-refractivity contribution is -0.109. The fourth-order valence-electron chi connectivity index (χ4n) is 0.560. The van der Waals surface area contributed by atoms with E-state index in [1.807, 2.05) is 0 Å². The zero-order valence-electron chi connectivity index (χ0n) is 5.42. The second-order valence-corrected chi connectivity index (χ2v) is 2.47. The SMILES string of the molecule is N[C@H](C=O)CCCCS. The Balaban J connectivity index is 2.96. The summed E-state index contributed by atoms with van der Waals surface area (Å²) in [5.41, 5.74) is 5.32. The van der Waals surface area contributed by atoms with E-state index in [0.717, 1.165) is 31.3 Å². The highest BCUT2D eigenvalue weighted by Crippen LogP contribution is 1.97. The molecule has 1 atom stereocenters. The molecule has 0 aromatic carbocycles. The first kappa shape index (κ1) is 8.98. The van der Waals surface area contributed by atoms with Crippen LogP contribution in [-0.4, -0.2) is 18.1 Å². The van der Waals surface area contributed by atoms with Crippen LogP contribution < -0.4 is 5.73 Å². The normalized spacial score (nSPS) is 13.1. The summed E-state index contributed by atoms with van der Waals surface area (Å²) in [5.74, 6) is 0.881. The molecule has 0 spiro atoms. The fraction of sp³-hybridized carbons (Fsp3) is 0.833. The number of unbranched alkanes of at least 4 members (excludes halogenated alkanes) is 1. The molecule has 0 bridgehead atoms. The Hall–Kier alpha value is -0.0200. The van der Waals surface area contributed by atoms with Crippen molar-refractivity contribution in [3.8, 4) is 0 Å². The van der Waals surface area contributed by atoms with Crippen molar-refractivity contribution >= 4 is 18.9 Å². The van der Waals surface area contributed by atoms with Crippen molar-refractivity contribution in [2.45, 2.75) is 25.3 Å².